The highest BCUT2D eigenvalue weighted by atomic mass is 16.5. The Bertz CT molecular complexity index is 1400. The van der Waals surface area contributed by atoms with Gasteiger partial charge in [-0.1, -0.05) is 423 Å². The summed E-state index contributed by atoms with van der Waals surface area (Å²) in [7, 11) is 0. The summed E-state index contributed by atoms with van der Waals surface area (Å²) in [6.45, 7) is 4.96. The normalized spacial score (nSPS) is 12.5. The number of ether oxygens (including phenoxy) is 1. The number of aliphatic hydroxyl groups excluding tert-OH is 2. The van der Waals surface area contributed by atoms with Gasteiger partial charge in [0.05, 0.1) is 25.4 Å². The SMILES string of the molecule is CCCCCCCCC/C=C\CCCCCCCCCC(=O)OCCCCCCCCCCCCCCCCCCCCCCCCCCCCCCCCCCCCCC(=O)NC(CO)C(O)/C=C/CCCCCCCCCCCCCCCCCCC. The van der Waals surface area contributed by atoms with E-state index in [1.807, 2.05) is 6.08 Å². The largest absolute Gasteiger partial charge is 0.466 e. The summed E-state index contributed by atoms with van der Waals surface area (Å²) in [5.41, 5.74) is 0. The smallest absolute Gasteiger partial charge is 0.305 e. The van der Waals surface area contributed by atoms with Gasteiger partial charge < -0.3 is 20.3 Å². The molecule has 0 rings (SSSR count). The van der Waals surface area contributed by atoms with Gasteiger partial charge in [-0.15, -0.1) is 0 Å². The molecule has 0 bridgehead atoms. The molecule has 2 atom stereocenters. The molecule has 0 aromatic carbocycles. The second-order valence-corrected chi connectivity index (χ2v) is 28.5. The molecule has 89 heavy (non-hydrogen) atoms. The summed E-state index contributed by atoms with van der Waals surface area (Å²) in [5, 5.41) is 23.3. The number of carbonyl (C=O) groups is 2. The summed E-state index contributed by atoms with van der Waals surface area (Å²) < 4.78 is 5.52. The van der Waals surface area contributed by atoms with Crippen LogP contribution in [0.15, 0.2) is 24.3 Å². The van der Waals surface area contributed by atoms with E-state index in [4.69, 9.17) is 4.74 Å². The fraction of sp³-hybridized carbons (Fsp3) is 0.928. The summed E-state index contributed by atoms with van der Waals surface area (Å²) in [6, 6.07) is -0.624. The summed E-state index contributed by atoms with van der Waals surface area (Å²) in [5.74, 6) is -0.0376. The second-order valence-electron chi connectivity index (χ2n) is 28.5. The molecule has 528 valence electrons. The first-order valence-electron chi connectivity index (χ1n) is 41.1. The number of carbonyl (C=O) groups excluding carboxylic acids is 2. The van der Waals surface area contributed by atoms with Gasteiger partial charge >= 0.3 is 5.97 Å². The molecule has 0 aromatic heterocycles. The molecule has 1 amide bonds. The van der Waals surface area contributed by atoms with Gasteiger partial charge in [-0.3, -0.25) is 9.59 Å². The Balaban J connectivity index is 3.32. The molecular formula is C83H161NO5. The third-order valence-corrected chi connectivity index (χ3v) is 19.5. The van der Waals surface area contributed by atoms with Crippen molar-refractivity contribution in [1.82, 2.24) is 5.32 Å². The zero-order valence-corrected chi connectivity index (χ0v) is 60.7. The van der Waals surface area contributed by atoms with Gasteiger partial charge in [0.15, 0.2) is 0 Å². The lowest BCUT2D eigenvalue weighted by Crippen LogP contribution is -2.45. The van der Waals surface area contributed by atoms with Crippen molar-refractivity contribution in [2.45, 2.75) is 482 Å². The summed E-state index contributed by atoms with van der Waals surface area (Å²) >= 11 is 0. The highest BCUT2D eigenvalue weighted by Crippen LogP contribution is 2.20. The average molecular weight is 1250 g/mol. The molecule has 0 radical (unpaired) electrons. The van der Waals surface area contributed by atoms with Crippen LogP contribution in [0.1, 0.15) is 470 Å². The Morgan fingerprint density at radius 2 is 0.528 bits per heavy atom. The van der Waals surface area contributed by atoms with E-state index < -0.39 is 12.1 Å². The Hall–Kier alpha value is -1.66. The van der Waals surface area contributed by atoms with E-state index in [0.717, 1.165) is 38.5 Å². The fourth-order valence-electron chi connectivity index (χ4n) is 13.2. The molecule has 0 fully saturated rings. The molecular weight excluding hydrogens is 1090 g/mol. The van der Waals surface area contributed by atoms with Crippen molar-refractivity contribution in [3.05, 3.63) is 24.3 Å². The number of allylic oxidation sites excluding steroid dienone is 3. The highest BCUT2D eigenvalue weighted by molar-refractivity contribution is 5.76. The molecule has 3 N–H and O–H groups in total. The molecule has 2 unspecified atom stereocenters. The van der Waals surface area contributed by atoms with E-state index in [1.54, 1.807) is 6.08 Å². The molecule has 0 saturated carbocycles. The van der Waals surface area contributed by atoms with Gasteiger partial charge in [0.25, 0.3) is 0 Å². The lowest BCUT2D eigenvalue weighted by atomic mass is 10.0. The minimum absolute atomic E-state index is 0.0205. The molecule has 0 aromatic rings. The van der Waals surface area contributed by atoms with Crippen molar-refractivity contribution < 1.29 is 24.5 Å². The highest BCUT2D eigenvalue weighted by Gasteiger charge is 2.18. The van der Waals surface area contributed by atoms with E-state index in [1.165, 1.54) is 405 Å². The third kappa shape index (κ3) is 75.3. The minimum atomic E-state index is -0.841. The van der Waals surface area contributed by atoms with Crippen LogP contribution in [0.5, 0.6) is 0 Å². The number of nitrogens with one attached hydrogen (secondary N) is 1. The van der Waals surface area contributed by atoms with Crippen LogP contribution >= 0.6 is 0 Å². The topological polar surface area (TPSA) is 95.9 Å². The zero-order chi connectivity index (χ0) is 64.2. The Morgan fingerprint density at radius 3 is 0.798 bits per heavy atom. The Kier molecular flexibility index (Phi) is 77.3. The van der Waals surface area contributed by atoms with Crippen molar-refractivity contribution in [2.75, 3.05) is 13.2 Å². The van der Waals surface area contributed by atoms with Gasteiger partial charge in [0.2, 0.25) is 5.91 Å². The van der Waals surface area contributed by atoms with Crippen molar-refractivity contribution in [3.63, 3.8) is 0 Å². The molecule has 0 aliphatic rings. The quantitative estimate of drug-likeness (QED) is 0.0320. The van der Waals surface area contributed by atoms with Crippen LogP contribution in [0.4, 0.5) is 0 Å². The van der Waals surface area contributed by atoms with Crippen molar-refractivity contribution in [3.8, 4) is 0 Å². The molecule has 6 nitrogen and oxygen atoms in total. The van der Waals surface area contributed by atoms with Crippen LogP contribution in [0.25, 0.3) is 0 Å². The number of rotatable bonds is 78. The minimum Gasteiger partial charge on any atom is -0.466 e. The van der Waals surface area contributed by atoms with Gasteiger partial charge in [-0.2, -0.15) is 0 Å². The number of hydrogen-bond donors (Lipinski definition) is 3. The van der Waals surface area contributed by atoms with Crippen molar-refractivity contribution in [2.24, 2.45) is 0 Å². The van der Waals surface area contributed by atoms with Crippen molar-refractivity contribution in [1.29, 1.82) is 0 Å². The molecule has 0 spiro atoms. The lowest BCUT2D eigenvalue weighted by molar-refractivity contribution is -0.143. The maximum atomic E-state index is 12.5. The Morgan fingerprint density at radius 1 is 0.303 bits per heavy atom. The fourth-order valence-corrected chi connectivity index (χ4v) is 13.2. The van der Waals surface area contributed by atoms with E-state index in [2.05, 4.69) is 31.3 Å². The molecule has 0 saturated heterocycles. The first-order valence-corrected chi connectivity index (χ1v) is 41.1. The van der Waals surface area contributed by atoms with E-state index in [0.29, 0.717) is 19.4 Å². The van der Waals surface area contributed by atoms with Crippen LogP contribution in [0, 0.1) is 0 Å². The zero-order valence-electron chi connectivity index (χ0n) is 60.7. The predicted molar refractivity (Wildman–Crippen MR) is 393 cm³/mol. The number of unbranched alkanes of at least 4 members (excludes halogenated alkanes) is 65. The first kappa shape index (κ1) is 87.3. The van der Waals surface area contributed by atoms with Crippen LogP contribution in [-0.2, 0) is 14.3 Å². The van der Waals surface area contributed by atoms with Gasteiger partial charge in [0, 0.05) is 12.8 Å². The number of hydrogen-bond acceptors (Lipinski definition) is 5. The molecule has 0 aliphatic heterocycles. The molecule has 6 heteroatoms. The number of aliphatic hydroxyl groups is 2. The lowest BCUT2D eigenvalue weighted by Gasteiger charge is -2.20. The van der Waals surface area contributed by atoms with Crippen molar-refractivity contribution >= 4 is 11.9 Å². The number of esters is 1. The van der Waals surface area contributed by atoms with Crippen LogP contribution in [-0.4, -0.2) is 47.4 Å². The third-order valence-electron chi connectivity index (χ3n) is 19.5. The maximum absolute atomic E-state index is 12.5. The summed E-state index contributed by atoms with van der Waals surface area (Å²) in [6.07, 6.45) is 102. The van der Waals surface area contributed by atoms with Gasteiger partial charge in [0.1, 0.15) is 0 Å². The summed E-state index contributed by atoms with van der Waals surface area (Å²) in [4.78, 5) is 24.7. The van der Waals surface area contributed by atoms with E-state index >= 15 is 0 Å². The predicted octanol–water partition coefficient (Wildman–Crippen LogP) is 27.2. The first-order chi connectivity index (χ1) is 44.0. The average Bonchev–Trinajstić information content (AvgIpc) is 3.58. The number of amides is 1. The van der Waals surface area contributed by atoms with Crippen LogP contribution in [0.3, 0.4) is 0 Å². The second kappa shape index (κ2) is 78.8. The van der Waals surface area contributed by atoms with Crippen LogP contribution < -0.4 is 5.32 Å². The van der Waals surface area contributed by atoms with E-state index in [-0.39, 0.29) is 18.5 Å². The molecule has 0 heterocycles. The van der Waals surface area contributed by atoms with E-state index in [9.17, 15) is 19.8 Å². The molecule has 0 aliphatic carbocycles. The standard InChI is InChI=1S/C83H161NO5/c1-3-5-7-9-11-13-15-17-19-21-40-43-47-51-55-59-63-67-71-75-81(86)80(79-85)84-82(87)76-72-68-64-60-56-52-48-44-41-38-36-34-32-30-28-26-24-23-25-27-29-31-33-35-37-39-42-46-50-54-58-62-66-70-74-78-89-83(88)77-73-69-65-61-57-53-49-45-22-20-18-16-14-12-10-8-6-4-2/h20,22,71,75,80-81,85-86H,3-19,21,23-70,72-74,76-79H2,1-2H3,(H,84,87)/b22-20-,75-71+. The monoisotopic (exact) mass is 1250 g/mol. The maximum Gasteiger partial charge on any atom is 0.305 e. The van der Waals surface area contributed by atoms with Crippen LogP contribution in [0.2, 0.25) is 0 Å². The van der Waals surface area contributed by atoms with Gasteiger partial charge in [-0.25, -0.2) is 0 Å². The van der Waals surface area contributed by atoms with Gasteiger partial charge in [-0.05, 0) is 57.8 Å². The Labute approximate surface area is 558 Å².